The van der Waals surface area contributed by atoms with Crippen LogP contribution in [0.15, 0.2) is 48.5 Å². The van der Waals surface area contributed by atoms with E-state index in [0.717, 1.165) is 0 Å². The minimum atomic E-state index is -0.497. The quantitative estimate of drug-likeness (QED) is 0.652. The van der Waals surface area contributed by atoms with Crippen molar-refractivity contribution in [1.82, 2.24) is 5.32 Å². The van der Waals surface area contributed by atoms with Gasteiger partial charge in [0.1, 0.15) is 0 Å². The molecule has 0 saturated heterocycles. The molecule has 23 heavy (non-hydrogen) atoms. The number of rotatable bonds is 5. The molecule has 0 aliphatic heterocycles. The van der Waals surface area contributed by atoms with Crippen molar-refractivity contribution in [3.8, 4) is 0 Å². The van der Waals surface area contributed by atoms with Gasteiger partial charge in [-0.15, -0.1) is 0 Å². The van der Waals surface area contributed by atoms with Gasteiger partial charge in [-0.05, 0) is 17.7 Å². The molecule has 0 fully saturated rings. The van der Waals surface area contributed by atoms with Crippen LogP contribution in [0.2, 0.25) is 0 Å². The molecule has 0 aliphatic carbocycles. The number of anilines is 1. The summed E-state index contributed by atoms with van der Waals surface area (Å²) in [5.74, 6) is -0.605. The molecular formula is C16H15N3O4. The first-order chi connectivity index (χ1) is 11.0. The molecule has 0 aliphatic rings. The standard InChI is InChI=1S/C16H15N3O4/c1-17-16(21)13-4-2-3-5-14(13)18-15(20)10-11-6-8-12(9-7-11)19(22)23/h2-9H,10H2,1H3,(H,17,21)(H,18,20). The Morgan fingerprint density at radius 3 is 2.35 bits per heavy atom. The van der Waals surface area contributed by atoms with Crippen molar-refractivity contribution in [1.29, 1.82) is 0 Å². The van der Waals surface area contributed by atoms with E-state index >= 15 is 0 Å². The Hall–Kier alpha value is -3.22. The van der Waals surface area contributed by atoms with Gasteiger partial charge in [0.15, 0.2) is 0 Å². The molecule has 2 N–H and O–H groups in total. The molecule has 2 rings (SSSR count). The summed E-state index contributed by atoms with van der Waals surface area (Å²) in [5, 5.41) is 15.8. The summed E-state index contributed by atoms with van der Waals surface area (Å²) in [7, 11) is 1.51. The van der Waals surface area contributed by atoms with E-state index in [9.17, 15) is 19.7 Å². The highest BCUT2D eigenvalue weighted by Crippen LogP contribution is 2.16. The molecule has 0 aromatic heterocycles. The third kappa shape index (κ3) is 4.13. The summed E-state index contributed by atoms with van der Waals surface area (Å²) in [6.45, 7) is 0. The summed E-state index contributed by atoms with van der Waals surface area (Å²) in [5.41, 5.74) is 1.40. The maximum absolute atomic E-state index is 12.1. The van der Waals surface area contributed by atoms with Gasteiger partial charge in [0, 0.05) is 19.2 Å². The van der Waals surface area contributed by atoms with Crippen LogP contribution in [0.4, 0.5) is 11.4 Å². The molecule has 2 aromatic carbocycles. The van der Waals surface area contributed by atoms with Crippen molar-refractivity contribution in [2.24, 2.45) is 0 Å². The van der Waals surface area contributed by atoms with E-state index in [0.29, 0.717) is 16.8 Å². The van der Waals surface area contributed by atoms with E-state index in [1.54, 1.807) is 24.3 Å². The van der Waals surface area contributed by atoms with Crippen molar-refractivity contribution < 1.29 is 14.5 Å². The molecule has 0 bridgehead atoms. The Bertz CT molecular complexity index is 741. The van der Waals surface area contributed by atoms with Gasteiger partial charge < -0.3 is 10.6 Å². The molecule has 0 saturated carbocycles. The number of amides is 2. The maximum Gasteiger partial charge on any atom is 0.269 e. The fraction of sp³-hybridized carbons (Fsp3) is 0.125. The van der Waals surface area contributed by atoms with Crippen LogP contribution < -0.4 is 10.6 Å². The highest BCUT2D eigenvalue weighted by Gasteiger charge is 2.12. The maximum atomic E-state index is 12.1. The lowest BCUT2D eigenvalue weighted by Crippen LogP contribution is -2.22. The van der Waals surface area contributed by atoms with E-state index in [-0.39, 0.29) is 23.9 Å². The average Bonchev–Trinajstić information content (AvgIpc) is 2.55. The summed E-state index contributed by atoms with van der Waals surface area (Å²) in [4.78, 5) is 33.9. The van der Waals surface area contributed by atoms with Crippen LogP contribution in [0.1, 0.15) is 15.9 Å². The Labute approximate surface area is 132 Å². The van der Waals surface area contributed by atoms with E-state index in [1.165, 1.54) is 31.3 Å². The summed E-state index contributed by atoms with van der Waals surface area (Å²) < 4.78 is 0. The van der Waals surface area contributed by atoms with Crippen molar-refractivity contribution in [3.63, 3.8) is 0 Å². The predicted octanol–water partition coefficient (Wildman–Crippen LogP) is 2.14. The molecule has 0 radical (unpaired) electrons. The number of non-ortho nitro benzene ring substituents is 1. The molecule has 0 atom stereocenters. The van der Waals surface area contributed by atoms with Gasteiger partial charge in [0.05, 0.1) is 22.6 Å². The zero-order valence-electron chi connectivity index (χ0n) is 12.4. The topological polar surface area (TPSA) is 101 Å². The third-order valence-corrected chi connectivity index (χ3v) is 3.18. The second kappa shape index (κ2) is 7.17. The van der Waals surface area contributed by atoms with Gasteiger partial charge in [-0.25, -0.2) is 0 Å². The minimum absolute atomic E-state index is 0.0286. The van der Waals surface area contributed by atoms with E-state index < -0.39 is 4.92 Å². The van der Waals surface area contributed by atoms with Gasteiger partial charge in [0.25, 0.3) is 11.6 Å². The van der Waals surface area contributed by atoms with Gasteiger partial charge in [-0.2, -0.15) is 0 Å². The molecule has 0 heterocycles. The van der Waals surface area contributed by atoms with Crippen LogP contribution >= 0.6 is 0 Å². The van der Waals surface area contributed by atoms with Crippen LogP contribution in [-0.2, 0) is 11.2 Å². The number of carbonyl (C=O) groups is 2. The second-order valence-corrected chi connectivity index (χ2v) is 4.77. The molecule has 118 valence electrons. The number of carbonyl (C=O) groups excluding carboxylic acids is 2. The van der Waals surface area contributed by atoms with Crippen molar-refractivity contribution in [3.05, 3.63) is 69.8 Å². The number of nitrogens with one attached hydrogen (secondary N) is 2. The van der Waals surface area contributed by atoms with Gasteiger partial charge in [-0.1, -0.05) is 24.3 Å². The molecule has 2 aromatic rings. The van der Waals surface area contributed by atoms with E-state index in [4.69, 9.17) is 0 Å². The van der Waals surface area contributed by atoms with Crippen LogP contribution in [-0.4, -0.2) is 23.8 Å². The molecule has 0 unspecified atom stereocenters. The minimum Gasteiger partial charge on any atom is -0.355 e. The van der Waals surface area contributed by atoms with Gasteiger partial charge >= 0.3 is 0 Å². The van der Waals surface area contributed by atoms with Crippen LogP contribution in [0.25, 0.3) is 0 Å². The third-order valence-electron chi connectivity index (χ3n) is 3.18. The number of para-hydroxylation sites is 1. The first-order valence-corrected chi connectivity index (χ1v) is 6.85. The van der Waals surface area contributed by atoms with Crippen LogP contribution in [0, 0.1) is 10.1 Å². The molecule has 0 spiro atoms. The second-order valence-electron chi connectivity index (χ2n) is 4.77. The number of hydrogen-bond acceptors (Lipinski definition) is 4. The SMILES string of the molecule is CNC(=O)c1ccccc1NC(=O)Cc1ccc([N+](=O)[O-])cc1. The zero-order valence-corrected chi connectivity index (χ0v) is 12.4. The lowest BCUT2D eigenvalue weighted by Gasteiger charge is -2.10. The Kier molecular flexibility index (Phi) is 5.03. The largest absolute Gasteiger partial charge is 0.355 e. The molecule has 7 heteroatoms. The van der Waals surface area contributed by atoms with E-state index in [2.05, 4.69) is 10.6 Å². The van der Waals surface area contributed by atoms with Gasteiger partial charge in [-0.3, -0.25) is 19.7 Å². The summed E-state index contributed by atoms with van der Waals surface area (Å²) >= 11 is 0. The fourth-order valence-electron chi connectivity index (χ4n) is 2.04. The highest BCUT2D eigenvalue weighted by molar-refractivity contribution is 6.03. The van der Waals surface area contributed by atoms with Crippen LogP contribution in [0.3, 0.4) is 0 Å². The van der Waals surface area contributed by atoms with E-state index in [1.807, 2.05) is 0 Å². The smallest absolute Gasteiger partial charge is 0.269 e. The number of benzene rings is 2. The molecule has 7 nitrogen and oxygen atoms in total. The monoisotopic (exact) mass is 313 g/mol. The summed E-state index contributed by atoms with van der Waals surface area (Å²) in [6.07, 6.45) is 0.0556. The Morgan fingerprint density at radius 2 is 1.74 bits per heavy atom. The highest BCUT2D eigenvalue weighted by atomic mass is 16.6. The average molecular weight is 313 g/mol. The number of nitro groups is 1. The zero-order chi connectivity index (χ0) is 16.8. The molecular weight excluding hydrogens is 298 g/mol. The first-order valence-electron chi connectivity index (χ1n) is 6.85. The van der Waals surface area contributed by atoms with Crippen molar-refractivity contribution in [2.45, 2.75) is 6.42 Å². The van der Waals surface area contributed by atoms with Crippen LogP contribution in [0.5, 0.6) is 0 Å². The van der Waals surface area contributed by atoms with Crippen molar-refractivity contribution in [2.75, 3.05) is 12.4 Å². The van der Waals surface area contributed by atoms with Gasteiger partial charge in [0.2, 0.25) is 5.91 Å². The summed E-state index contributed by atoms with van der Waals surface area (Å²) in [6, 6.07) is 12.4. The number of hydrogen-bond donors (Lipinski definition) is 2. The first kappa shape index (κ1) is 16.2. The Balaban J connectivity index is 2.08. The van der Waals surface area contributed by atoms with Crippen molar-refractivity contribution >= 4 is 23.2 Å². The normalized spacial score (nSPS) is 9.96. The number of nitrogens with zero attached hydrogens (tertiary/aromatic N) is 1. The molecule has 2 amide bonds. The number of nitro benzene ring substituents is 1. The lowest BCUT2D eigenvalue weighted by molar-refractivity contribution is -0.384. The lowest BCUT2D eigenvalue weighted by atomic mass is 10.1. The fourth-order valence-corrected chi connectivity index (χ4v) is 2.04. The Morgan fingerprint density at radius 1 is 1.09 bits per heavy atom. The predicted molar refractivity (Wildman–Crippen MR) is 85.3 cm³/mol.